The van der Waals surface area contributed by atoms with Crippen molar-refractivity contribution in [1.29, 1.82) is 0 Å². The fourth-order valence-corrected chi connectivity index (χ4v) is 1.45. The lowest BCUT2D eigenvalue weighted by Gasteiger charge is -2.03. The van der Waals surface area contributed by atoms with Gasteiger partial charge in [0.25, 0.3) is 0 Å². The van der Waals surface area contributed by atoms with Crippen LogP contribution < -0.4 is 10.6 Å². The molecule has 1 rings (SSSR count). The van der Waals surface area contributed by atoms with E-state index in [0.717, 1.165) is 12.0 Å². The molecule has 0 saturated heterocycles. The van der Waals surface area contributed by atoms with E-state index >= 15 is 0 Å². The Morgan fingerprint density at radius 1 is 1.11 bits per heavy atom. The molecule has 4 nitrogen and oxygen atoms in total. The van der Waals surface area contributed by atoms with Crippen molar-refractivity contribution in [2.45, 2.75) is 19.8 Å². The molecule has 102 valence electrons. The molecule has 1 aromatic carbocycles. The van der Waals surface area contributed by atoms with Gasteiger partial charge in [0.2, 0.25) is 11.8 Å². The molecule has 0 aliphatic heterocycles. The van der Waals surface area contributed by atoms with Crippen molar-refractivity contribution >= 4 is 17.9 Å². The van der Waals surface area contributed by atoms with Crippen LogP contribution in [0.4, 0.5) is 0 Å². The molecule has 0 radical (unpaired) electrons. The van der Waals surface area contributed by atoms with Gasteiger partial charge in [0.1, 0.15) is 0 Å². The highest BCUT2D eigenvalue weighted by Crippen LogP contribution is 2.00. The predicted octanol–water partition coefficient (Wildman–Crippen LogP) is 1.73. The summed E-state index contributed by atoms with van der Waals surface area (Å²) in [5, 5.41) is 5.43. The summed E-state index contributed by atoms with van der Waals surface area (Å²) in [5.74, 6) is -0.221. The van der Waals surface area contributed by atoms with Crippen LogP contribution >= 0.6 is 0 Å². The van der Waals surface area contributed by atoms with E-state index < -0.39 is 0 Å². The Morgan fingerprint density at radius 3 is 2.53 bits per heavy atom. The molecule has 19 heavy (non-hydrogen) atoms. The second kappa shape index (κ2) is 8.91. The van der Waals surface area contributed by atoms with Gasteiger partial charge in [-0.05, 0) is 18.1 Å². The normalized spacial score (nSPS) is 10.4. The molecule has 2 amide bonds. The average molecular weight is 260 g/mol. The number of carbonyl (C=O) groups is 2. The summed E-state index contributed by atoms with van der Waals surface area (Å²) in [6, 6.07) is 9.58. The van der Waals surface area contributed by atoms with E-state index in [0.29, 0.717) is 19.5 Å². The summed E-state index contributed by atoms with van der Waals surface area (Å²) < 4.78 is 0. The van der Waals surface area contributed by atoms with Crippen molar-refractivity contribution in [2.24, 2.45) is 0 Å². The Hall–Kier alpha value is -2.10. The third-order valence-electron chi connectivity index (χ3n) is 2.45. The second-order valence-corrected chi connectivity index (χ2v) is 4.13. The highest BCUT2D eigenvalue weighted by Gasteiger charge is 2.00. The van der Waals surface area contributed by atoms with Gasteiger partial charge in [0, 0.05) is 25.6 Å². The van der Waals surface area contributed by atoms with Gasteiger partial charge in [-0.1, -0.05) is 37.3 Å². The van der Waals surface area contributed by atoms with E-state index in [-0.39, 0.29) is 11.8 Å². The van der Waals surface area contributed by atoms with Crippen molar-refractivity contribution in [3.8, 4) is 0 Å². The van der Waals surface area contributed by atoms with Gasteiger partial charge in [-0.15, -0.1) is 0 Å². The fraction of sp³-hybridized carbons (Fsp3) is 0.333. The Morgan fingerprint density at radius 2 is 1.84 bits per heavy atom. The van der Waals surface area contributed by atoms with Gasteiger partial charge in [0.15, 0.2) is 0 Å². The van der Waals surface area contributed by atoms with Crippen LogP contribution in [0.3, 0.4) is 0 Å². The molecule has 0 heterocycles. The van der Waals surface area contributed by atoms with Gasteiger partial charge in [-0.25, -0.2) is 0 Å². The van der Waals surface area contributed by atoms with Crippen LogP contribution in [0.15, 0.2) is 36.4 Å². The lowest BCUT2D eigenvalue weighted by atomic mass is 10.2. The van der Waals surface area contributed by atoms with Crippen molar-refractivity contribution in [3.63, 3.8) is 0 Å². The zero-order valence-electron chi connectivity index (χ0n) is 11.2. The number of rotatable bonds is 7. The molecule has 0 atom stereocenters. The Bertz CT molecular complexity index is 427. The summed E-state index contributed by atoms with van der Waals surface area (Å²) in [7, 11) is 0. The first-order valence-electron chi connectivity index (χ1n) is 6.50. The average Bonchev–Trinajstić information content (AvgIpc) is 2.44. The Balaban J connectivity index is 2.21. The minimum Gasteiger partial charge on any atom is -0.356 e. The molecule has 0 aliphatic rings. The van der Waals surface area contributed by atoms with E-state index in [1.54, 1.807) is 6.08 Å². The quantitative estimate of drug-likeness (QED) is 0.734. The number of hydrogen-bond donors (Lipinski definition) is 2. The summed E-state index contributed by atoms with van der Waals surface area (Å²) in [6.45, 7) is 3.03. The molecule has 0 saturated carbocycles. The highest BCUT2D eigenvalue weighted by atomic mass is 16.2. The zero-order valence-corrected chi connectivity index (χ0v) is 11.2. The minimum absolute atomic E-state index is 0.0332. The van der Waals surface area contributed by atoms with Gasteiger partial charge in [0.05, 0.1) is 0 Å². The van der Waals surface area contributed by atoms with Crippen molar-refractivity contribution in [1.82, 2.24) is 10.6 Å². The maximum Gasteiger partial charge on any atom is 0.244 e. The van der Waals surface area contributed by atoms with Crippen molar-refractivity contribution in [3.05, 3.63) is 42.0 Å². The molecular formula is C15H20N2O2. The summed E-state index contributed by atoms with van der Waals surface area (Å²) in [6.07, 6.45) is 4.44. The molecule has 0 spiro atoms. The maximum atomic E-state index is 11.5. The fourth-order valence-electron chi connectivity index (χ4n) is 1.45. The van der Waals surface area contributed by atoms with E-state index in [4.69, 9.17) is 0 Å². The van der Waals surface area contributed by atoms with E-state index in [9.17, 15) is 9.59 Å². The molecule has 0 bridgehead atoms. The Labute approximate surface area is 113 Å². The molecule has 0 fully saturated rings. The number of amides is 2. The van der Waals surface area contributed by atoms with E-state index in [1.807, 2.05) is 37.3 Å². The molecule has 0 aromatic heterocycles. The monoisotopic (exact) mass is 260 g/mol. The first-order valence-corrected chi connectivity index (χ1v) is 6.50. The van der Waals surface area contributed by atoms with Crippen molar-refractivity contribution < 1.29 is 9.59 Å². The largest absolute Gasteiger partial charge is 0.356 e. The third kappa shape index (κ3) is 7.03. The smallest absolute Gasteiger partial charge is 0.244 e. The molecule has 4 heteroatoms. The van der Waals surface area contributed by atoms with Gasteiger partial charge in [-0.2, -0.15) is 0 Å². The standard InChI is InChI=1S/C15H20N2O2/c1-2-11-16-15(19)10-12-17-14(18)9-8-13-6-4-3-5-7-13/h3-9H,2,10-12H2,1H3,(H,16,19)(H,17,18)/b9-8+. The highest BCUT2D eigenvalue weighted by molar-refractivity contribution is 5.91. The van der Waals surface area contributed by atoms with Gasteiger partial charge < -0.3 is 10.6 Å². The van der Waals surface area contributed by atoms with Gasteiger partial charge in [-0.3, -0.25) is 9.59 Å². The first-order chi connectivity index (χ1) is 9.22. The molecule has 0 aliphatic carbocycles. The number of carbonyl (C=O) groups excluding carboxylic acids is 2. The molecule has 2 N–H and O–H groups in total. The SMILES string of the molecule is CCCNC(=O)CCNC(=O)/C=C/c1ccccc1. The lowest BCUT2D eigenvalue weighted by molar-refractivity contribution is -0.121. The summed E-state index contributed by atoms with van der Waals surface area (Å²) in [5.41, 5.74) is 0.971. The molecule has 1 aromatic rings. The van der Waals surface area contributed by atoms with Gasteiger partial charge >= 0.3 is 0 Å². The van der Waals surface area contributed by atoms with Crippen LogP contribution in [0.1, 0.15) is 25.3 Å². The van der Waals surface area contributed by atoms with E-state index in [1.165, 1.54) is 6.08 Å². The van der Waals surface area contributed by atoms with E-state index in [2.05, 4.69) is 10.6 Å². The zero-order chi connectivity index (χ0) is 13.9. The van der Waals surface area contributed by atoms with Crippen LogP contribution in [0.5, 0.6) is 0 Å². The minimum atomic E-state index is -0.188. The lowest BCUT2D eigenvalue weighted by Crippen LogP contribution is -2.30. The number of benzene rings is 1. The summed E-state index contributed by atoms with van der Waals surface area (Å²) >= 11 is 0. The molecule has 0 unspecified atom stereocenters. The number of nitrogens with one attached hydrogen (secondary N) is 2. The van der Waals surface area contributed by atoms with Crippen molar-refractivity contribution in [2.75, 3.05) is 13.1 Å². The molecular weight excluding hydrogens is 240 g/mol. The van der Waals surface area contributed by atoms with Crippen LogP contribution in [-0.4, -0.2) is 24.9 Å². The topological polar surface area (TPSA) is 58.2 Å². The predicted molar refractivity (Wildman–Crippen MR) is 76.4 cm³/mol. The van der Waals surface area contributed by atoms with Crippen LogP contribution in [-0.2, 0) is 9.59 Å². The van der Waals surface area contributed by atoms with Crippen LogP contribution in [0, 0.1) is 0 Å². The van der Waals surface area contributed by atoms with Crippen LogP contribution in [0.25, 0.3) is 6.08 Å². The number of hydrogen-bond acceptors (Lipinski definition) is 2. The second-order valence-electron chi connectivity index (χ2n) is 4.13. The Kier molecular flexibility index (Phi) is 7.02. The maximum absolute atomic E-state index is 11.5. The summed E-state index contributed by atoms with van der Waals surface area (Å²) in [4.78, 5) is 22.8. The van der Waals surface area contributed by atoms with Crippen LogP contribution in [0.2, 0.25) is 0 Å². The first kappa shape index (κ1) is 15.0. The third-order valence-corrected chi connectivity index (χ3v) is 2.45.